The van der Waals surface area contributed by atoms with Gasteiger partial charge in [-0.1, -0.05) is 19.1 Å². The van der Waals surface area contributed by atoms with Crippen LogP contribution in [0.5, 0.6) is 5.75 Å². The molecule has 2 aromatic heterocycles. The van der Waals surface area contributed by atoms with Crippen molar-refractivity contribution in [2.45, 2.75) is 44.9 Å². The lowest BCUT2D eigenvalue weighted by atomic mass is 9.93. The number of amides is 1. The molecule has 0 saturated carbocycles. The van der Waals surface area contributed by atoms with Crippen molar-refractivity contribution in [3.63, 3.8) is 0 Å². The van der Waals surface area contributed by atoms with Crippen LogP contribution < -0.4 is 4.74 Å². The van der Waals surface area contributed by atoms with Gasteiger partial charge in [0.25, 0.3) is 0 Å². The summed E-state index contributed by atoms with van der Waals surface area (Å²) in [5.41, 5.74) is 2.09. The first kappa shape index (κ1) is 21.0. The minimum atomic E-state index is 0.175. The third-order valence-electron chi connectivity index (χ3n) is 5.92. The van der Waals surface area contributed by atoms with Gasteiger partial charge in [-0.15, -0.1) is 0 Å². The zero-order valence-corrected chi connectivity index (χ0v) is 18.2. The van der Waals surface area contributed by atoms with Crippen LogP contribution in [0.4, 0.5) is 0 Å². The molecule has 1 aliphatic rings. The Balaban J connectivity index is 1.44. The lowest BCUT2D eigenvalue weighted by molar-refractivity contribution is -0.132. The molecule has 31 heavy (non-hydrogen) atoms. The van der Waals surface area contributed by atoms with Gasteiger partial charge in [-0.25, -0.2) is 9.97 Å². The van der Waals surface area contributed by atoms with E-state index in [1.54, 1.807) is 25.7 Å². The zero-order chi connectivity index (χ0) is 21.6. The Hall–Kier alpha value is -3.22. The molecule has 3 heterocycles. The fourth-order valence-electron chi connectivity index (χ4n) is 4.23. The van der Waals surface area contributed by atoms with Crippen molar-refractivity contribution in [1.82, 2.24) is 24.4 Å². The Morgan fingerprint density at radius 3 is 2.71 bits per heavy atom. The normalized spacial score (nSPS) is 16.3. The fraction of sp³-hybridized carbons (Fsp3) is 0.417. The smallest absolute Gasteiger partial charge is 0.222 e. The highest BCUT2D eigenvalue weighted by Crippen LogP contribution is 2.29. The predicted octanol–water partition coefficient (Wildman–Crippen LogP) is 3.57. The maximum atomic E-state index is 12.9. The van der Waals surface area contributed by atoms with E-state index in [-0.39, 0.29) is 11.8 Å². The van der Waals surface area contributed by atoms with E-state index < -0.39 is 0 Å². The highest BCUT2D eigenvalue weighted by atomic mass is 16.5. The summed E-state index contributed by atoms with van der Waals surface area (Å²) in [7, 11) is 1.66. The van der Waals surface area contributed by atoms with Crippen LogP contribution in [0.2, 0.25) is 0 Å². The summed E-state index contributed by atoms with van der Waals surface area (Å²) < 4.78 is 7.22. The Labute approximate surface area is 183 Å². The molecule has 7 heteroatoms. The average Bonchev–Trinajstić information content (AvgIpc) is 3.32. The lowest BCUT2D eigenvalue weighted by Crippen LogP contribution is -2.39. The third-order valence-corrected chi connectivity index (χ3v) is 5.92. The molecule has 7 nitrogen and oxygen atoms in total. The van der Waals surface area contributed by atoms with Crippen molar-refractivity contribution >= 4 is 5.91 Å². The van der Waals surface area contributed by atoms with Gasteiger partial charge >= 0.3 is 0 Å². The van der Waals surface area contributed by atoms with E-state index in [1.165, 1.54) is 0 Å². The van der Waals surface area contributed by atoms with Crippen molar-refractivity contribution in [3.8, 4) is 11.6 Å². The number of hydrogen-bond acceptors (Lipinski definition) is 5. The molecule has 1 aliphatic heterocycles. The fourth-order valence-corrected chi connectivity index (χ4v) is 4.23. The summed E-state index contributed by atoms with van der Waals surface area (Å²) in [6.45, 7) is 3.57. The van der Waals surface area contributed by atoms with E-state index in [4.69, 9.17) is 4.74 Å². The highest BCUT2D eigenvalue weighted by Gasteiger charge is 2.28. The number of methoxy groups -OCH3 is 1. The van der Waals surface area contributed by atoms with E-state index >= 15 is 0 Å². The van der Waals surface area contributed by atoms with Crippen molar-refractivity contribution in [2.24, 2.45) is 0 Å². The maximum absolute atomic E-state index is 12.9. The first-order chi connectivity index (χ1) is 15.2. The summed E-state index contributed by atoms with van der Waals surface area (Å²) >= 11 is 0. The second-order valence-electron chi connectivity index (χ2n) is 7.86. The summed E-state index contributed by atoms with van der Waals surface area (Å²) in [5, 5.41) is 0. The third kappa shape index (κ3) is 4.76. The van der Waals surface area contributed by atoms with Crippen LogP contribution in [-0.4, -0.2) is 50.5 Å². The molecule has 162 valence electrons. The average molecular weight is 420 g/mol. The number of aromatic nitrogens is 4. The number of likely N-dealkylation sites (tertiary alicyclic amines) is 1. The first-order valence-corrected chi connectivity index (χ1v) is 10.9. The van der Waals surface area contributed by atoms with Gasteiger partial charge in [-0.05, 0) is 37.0 Å². The van der Waals surface area contributed by atoms with E-state index in [1.807, 2.05) is 39.9 Å². The monoisotopic (exact) mass is 419 g/mol. The minimum Gasteiger partial charge on any atom is -0.497 e. The summed E-state index contributed by atoms with van der Waals surface area (Å²) in [5.74, 6) is 2.99. The summed E-state index contributed by atoms with van der Waals surface area (Å²) in [6.07, 6.45) is 11.2. The second-order valence-corrected chi connectivity index (χ2v) is 7.86. The van der Waals surface area contributed by atoms with E-state index in [2.05, 4.69) is 21.9 Å². The van der Waals surface area contributed by atoms with Crippen LogP contribution in [0.3, 0.4) is 0 Å². The highest BCUT2D eigenvalue weighted by molar-refractivity contribution is 5.76. The number of piperidine rings is 1. The number of carbonyl (C=O) groups is 1. The summed E-state index contributed by atoms with van der Waals surface area (Å²) in [6, 6.07) is 7.92. The first-order valence-electron chi connectivity index (χ1n) is 10.9. The molecular weight excluding hydrogens is 390 g/mol. The number of hydrogen-bond donors (Lipinski definition) is 0. The Morgan fingerprint density at radius 1 is 1.13 bits per heavy atom. The Kier molecular flexibility index (Phi) is 6.60. The lowest BCUT2D eigenvalue weighted by Gasteiger charge is -2.33. The van der Waals surface area contributed by atoms with Gasteiger partial charge in [0.2, 0.25) is 5.91 Å². The number of ether oxygens (including phenoxy) is 1. The van der Waals surface area contributed by atoms with Crippen LogP contribution >= 0.6 is 0 Å². The quantitative estimate of drug-likeness (QED) is 0.585. The molecule has 0 radical (unpaired) electrons. The van der Waals surface area contributed by atoms with Gasteiger partial charge in [0, 0.05) is 56.6 Å². The van der Waals surface area contributed by atoms with E-state index in [9.17, 15) is 4.79 Å². The van der Waals surface area contributed by atoms with Crippen LogP contribution in [0.25, 0.3) is 5.82 Å². The topological polar surface area (TPSA) is 73.1 Å². The predicted molar refractivity (Wildman–Crippen MR) is 118 cm³/mol. The van der Waals surface area contributed by atoms with Gasteiger partial charge in [0.15, 0.2) is 5.82 Å². The molecule has 0 N–H and O–H groups in total. The van der Waals surface area contributed by atoms with Crippen molar-refractivity contribution in [3.05, 3.63) is 66.1 Å². The van der Waals surface area contributed by atoms with Crippen LogP contribution in [0.1, 0.15) is 49.2 Å². The number of imidazole rings is 1. The van der Waals surface area contributed by atoms with Gasteiger partial charge in [0.05, 0.1) is 12.8 Å². The van der Waals surface area contributed by atoms with Crippen LogP contribution in [0, 0.1) is 0 Å². The molecule has 3 aromatic rings. The van der Waals surface area contributed by atoms with Gasteiger partial charge in [-0.2, -0.15) is 0 Å². The molecule has 0 aliphatic carbocycles. The zero-order valence-electron chi connectivity index (χ0n) is 18.2. The molecule has 1 fully saturated rings. The standard InChI is InChI=1S/C24H29N5O2/c1-3-21-25-14-16-29(21)24-23(26-12-13-27-24)19-5-4-15-28(17-19)22(30)11-8-18-6-9-20(31-2)10-7-18/h6-7,9-10,12-14,16,19H,3-5,8,11,15,17H2,1-2H3/t19-/m1/s1. The van der Waals surface area contributed by atoms with E-state index in [0.29, 0.717) is 13.0 Å². The number of carbonyl (C=O) groups excluding carboxylic acids is 1. The summed E-state index contributed by atoms with van der Waals surface area (Å²) in [4.78, 5) is 28.6. The van der Waals surface area contributed by atoms with E-state index in [0.717, 1.165) is 60.9 Å². The molecule has 1 aromatic carbocycles. The number of nitrogens with zero attached hydrogens (tertiary/aromatic N) is 5. The molecule has 0 bridgehead atoms. The molecule has 1 atom stereocenters. The van der Waals surface area contributed by atoms with Crippen LogP contribution in [-0.2, 0) is 17.6 Å². The van der Waals surface area contributed by atoms with Gasteiger partial charge < -0.3 is 9.64 Å². The molecule has 0 spiro atoms. The number of aryl methyl sites for hydroxylation is 2. The van der Waals surface area contributed by atoms with Crippen molar-refractivity contribution in [1.29, 1.82) is 0 Å². The van der Waals surface area contributed by atoms with Crippen molar-refractivity contribution in [2.75, 3.05) is 20.2 Å². The number of benzene rings is 1. The Morgan fingerprint density at radius 2 is 1.94 bits per heavy atom. The van der Waals surface area contributed by atoms with Gasteiger partial charge in [-0.3, -0.25) is 14.3 Å². The molecular formula is C24H29N5O2. The Bertz CT molecular complexity index is 1010. The molecule has 1 amide bonds. The van der Waals surface area contributed by atoms with Gasteiger partial charge in [0.1, 0.15) is 11.6 Å². The largest absolute Gasteiger partial charge is 0.497 e. The van der Waals surface area contributed by atoms with Crippen molar-refractivity contribution < 1.29 is 9.53 Å². The SMILES string of the molecule is CCc1nccn1-c1nccnc1[C@@H]1CCCN(C(=O)CCc2ccc(OC)cc2)C1. The molecule has 0 unspecified atom stereocenters. The maximum Gasteiger partial charge on any atom is 0.222 e. The number of rotatable bonds is 7. The molecule has 4 rings (SSSR count). The molecule has 1 saturated heterocycles. The minimum absolute atomic E-state index is 0.175. The van der Waals surface area contributed by atoms with Crippen LogP contribution in [0.15, 0.2) is 49.1 Å². The second kappa shape index (κ2) is 9.73.